The fourth-order valence-electron chi connectivity index (χ4n) is 2.93. The van der Waals surface area contributed by atoms with Gasteiger partial charge in [0.15, 0.2) is 5.04 Å². The maximum atomic E-state index is 13.0. The first kappa shape index (κ1) is 20.1. The van der Waals surface area contributed by atoms with Gasteiger partial charge in [-0.05, 0) is 49.8 Å². The highest BCUT2D eigenvalue weighted by Crippen LogP contribution is 2.30. The van der Waals surface area contributed by atoms with Gasteiger partial charge in [0.1, 0.15) is 0 Å². The normalized spacial score (nSPS) is 15.2. The molecule has 3 rings (SSSR count). The van der Waals surface area contributed by atoms with Crippen LogP contribution in [0.1, 0.15) is 19.4 Å². The van der Waals surface area contributed by atoms with Crippen molar-refractivity contribution >= 4 is 40.4 Å². The summed E-state index contributed by atoms with van der Waals surface area (Å²) >= 11 is 0.918. The fourth-order valence-corrected chi connectivity index (χ4v) is 3.41. The minimum absolute atomic E-state index is 0.207. The summed E-state index contributed by atoms with van der Waals surface area (Å²) in [5.74, 6) is -0.207. The van der Waals surface area contributed by atoms with Gasteiger partial charge in [-0.15, -0.1) is 0 Å². The predicted octanol–water partition coefficient (Wildman–Crippen LogP) is 4.50. The number of hydrazone groups is 1. The van der Waals surface area contributed by atoms with Crippen LogP contribution in [0, 0.1) is 0 Å². The number of carbonyl (C=O) groups is 1. The van der Waals surface area contributed by atoms with E-state index in [1.165, 1.54) is 12.1 Å². The second kappa shape index (κ2) is 9.54. The van der Waals surface area contributed by atoms with Crippen LogP contribution in [0.2, 0.25) is 0 Å². The molecular weight excluding hydrogens is 374 g/mol. The number of carbonyl (C=O) groups excluding carboxylic acids is 1. The Morgan fingerprint density at radius 1 is 1.07 bits per heavy atom. The molecule has 0 N–H and O–H groups in total. The van der Waals surface area contributed by atoms with Gasteiger partial charge in [0.2, 0.25) is 0 Å². The number of para-hydroxylation sites is 1. The summed E-state index contributed by atoms with van der Waals surface area (Å²) in [7, 11) is 1.41. The van der Waals surface area contributed by atoms with Gasteiger partial charge in [0.25, 0.3) is 5.91 Å². The first-order chi connectivity index (χ1) is 13.7. The van der Waals surface area contributed by atoms with Crippen molar-refractivity contribution in [3.63, 3.8) is 0 Å². The number of rotatable bonds is 7. The maximum Gasteiger partial charge on any atom is 0.281 e. The minimum atomic E-state index is -0.207. The van der Waals surface area contributed by atoms with E-state index in [1.807, 2.05) is 48.5 Å². The van der Waals surface area contributed by atoms with Gasteiger partial charge in [-0.1, -0.05) is 30.3 Å². The monoisotopic (exact) mass is 397 g/mol. The van der Waals surface area contributed by atoms with Crippen molar-refractivity contribution in [3.8, 4) is 0 Å². The van der Waals surface area contributed by atoms with Crippen LogP contribution in [0.15, 0.2) is 65.3 Å². The minimum Gasteiger partial charge on any atom is -0.372 e. The van der Waals surface area contributed by atoms with Crippen molar-refractivity contribution in [1.82, 2.24) is 0 Å². The largest absolute Gasteiger partial charge is 0.372 e. The molecule has 1 amide bonds. The van der Waals surface area contributed by atoms with Gasteiger partial charge in [-0.25, -0.2) is 4.89 Å². The number of anilines is 2. The van der Waals surface area contributed by atoms with Crippen LogP contribution in [0.3, 0.4) is 0 Å². The second-order valence-corrected chi connectivity index (χ2v) is 6.69. The quantitative estimate of drug-likeness (QED) is 0.298. The van der Waals surface area contributed by atoms with E-state index in [-0.39, 0.29) is 5.91 Å². The molecule has 1 aliphatic rings. The van der Waals surface area contributed by atoms with Crippen LogP contribution in [-0.2, 0) is 14.0 Å². The SMILES string of the molecule is CCN(CC)c1ccc(/C=C2\C(=O)N(c3ccccc3)N=C2SOOC)cc1. The van der Waals surface area contributed by atoms with Crippen LogP contribution in [0.4, 0.5) is 11.4 Å². The Bertz CT molecular complexity index is 862. The third kappa shape index (κ3) is 4.44. The van der Waals surface area contributed by atoms with E-state index < -0.39 is 0 Å². The van der Waals surface area contributed by atoms with Gasteiger partial charge in [0, 0.05) is 18.8 Å². The fraction of sp³-hybridized carbons (Fsp3) is 0.238. The number of benzene rings is 2. The number of nitrogens with zero attached hydrogens (tertiary/aromatic N) is 3. The Morgan fingerprint density at radius 3 is 2.36 bits per heavy atom. The Hall–Kier alpha value is -2.61. The molecule has 0 spiro atoms. The lowest BCUT2D eigenvalue weighted by atomic mass is 10.1. The zero-order valence-corrected chi connectivity index (χ0v) is 17.0. The average molecular weight is 398 g/mol. The first-order valence-corrected chi connectivity index (χ1v) is 9.84. The summed E-state index contributed by atoms with van der Waals surface area (Å²) in [6.07, 6.45) is 1.82. The van der Waals surface area contributed by atoms with Gasteiger partial charge >= 0.3 is 0 Å². The first-order valence-electron chi connectivity index (χ1n) is 9.10. The van der Waals surface area contributed by atoms with E-state index in [1.54, 1.807) is 0 Å². The van der Waals surface area contributed by atoms with Crippen LogP contribution in [0.5, 0.6) is 0 Å². The average Bonchev–Trinajstić information content (AvgIpc) is 3.04. The molecule has 0 saturated carbocycles. The Morgan fingerprint density at radius 2 is 1.75 bits per heavy atom. The molecule has 0 fully saturated rings. The van der Waals surface area contributed by atoms with E-state index >= 15 is 0 Å². The molecule has 2 aromatic carbocycles. The molecule has 0 unspecified atom stereocenters. The lowest BCUT2D eigenvalue weighted by Gasteiger charge is -2.20. The molecule has 0 aliphatic carbocycles. The van der Waals surface area contributed by atoms with E-state index in [0.717, 1.165) is 36.4 Å². The van der Waals surface area contributed by atoms with Gasteiger partial charge in [-0.2, -0.15) is 14.4 Å². The summed E-state index contributed by atoms with van der Waals surface area (Å²) in [6.45, 7) is 6.15. The lowest BCUT2D eigenvalue weighted by Crippen LogP contribution is -2.21. The van der Waals surface area contributed by atoms with Crippen molar-refractivity contribution in [3.05, 3.63) is 65.7 Å². The van der Waals surface area contributed by atoms with Crippen LogP contribution >= 0.6 is 12.0 Å². The van der Waals surface area contributed by atoms with Crippen molar-refractivity contribution < 1.29 is 14.0 Å². The highest BCUT2D eigenvalue weighted by Gasteiger charge is 2.32. The Balaban J connectivity index is 1.90. The van der Waals surface area contributed by atoms with Crippen molar-refractivity contribution in [2.75, 3.05) is 30.1 Å². The molecule has 2 aromatic rings. The van der Waals surface area contributed by atoms with Crippen LogP contribution in [-0.4, -0.2) is 31.2 Å². The van der Waals surface area contributed by atoms with Crippen molar-refractivity contribution in [2.45, 2.75) is 13.8 Å². The summed E-state index contributed by atoms with van der Waals surface area (Å²) in [6, 6.07) is 17.4. The predicted molar refractivity (Wildman–Crippen MR) is 115 cm³/mol. The maximum absolute atomic E-state index is 13.0. The zero-order valence-electron chi connectivity index (χ0n) is 16.2. The van der Waals surface area contributed by atoms with Crippen molar-refractivity contribution in [2.24, 2.45) is 5.10 Å². The molecule has 0 saturated heterocycles. The molecule has 0 bridgehead atoms. The van der Waals surface area contributed by atoms with Gasteiger partial charge in [0.05, 0.1) is 30.4 Å². The van der Waals surface area contributed by atoms with Crippen LogP contribution in [0.25, 0.3) is 6.08 Å². The molecule has 1 aliphatic heterocycles. The van der Waals surface area contributed by atoms with Gasteiger partial charge < -0.3 is 4.90 Å². The summed E-state index contributed by atoms with van der Waals surface area (Å²) in [4.78, 5) is 19.9. The van der Waals surface area contributed by atoms with E-state index in [4.69, 9.17) is 4.33 Å². The van der Waals surface area contributed by atoms with E-state index in [0.29, 0.717) is 16.3 Å². The highest BCUT2D eigenvalue weighted by molar-refractivity contribution is 8.10. The third-order valence-electron chi connectivity index (χ3n) is 4.36. The lowest BCUT2D eigenvalue weighted by molar-refractivity contribution is -0.158. The topological polar surface area (TPSA) is 54.4 Å². The van der Waals surface area contributed by atoms with E-state index in [2.05, 4.69) is 40.9 Å². The molecular formula is C21H23N3O3S. The second-order valence-electron chi connectivity index (χ2n) is 6.00. The molecule has 28 heavy (non-hydrogen) atoms. The molecule has 6 nitrogen and oxygen atoms in total. The molecule has 1 heterocycles. The molecule has 0 atom stereocenters. The smallest absolute Gasteiger partial charge is 0.281 e. The molecule has 7 heteroatoms. The van der Waals surface area contributed by atoms with Crippen molar-refractivity contribution in [1.29, 1.82) is 0 Å². The van der Waals surface area contributed by atoms with E-state index in [9.17, 15) is 4.79 Å². The Labute approximate surface area is 169 Å². The molecule has 0 aromatic heterocycles. The molecule has 146 valence electrons. The number of hydrogen-bond acceptors (Lipinski definition) is 6. The van der Waals surface area contributed by atoms with Gasteiger partial charge in [-0.3, -0.25) is 4.79 Å². The highest BCUT2D eigenvalue weighted by atomic mass is 32.2. The standard InChI is InChI=1S/C21H23N3O3S/c1-4-23(5-2)17-13-11-16(12-14-17)15-19-20(28-27-26-3)22-24(21(19)25)18-9-7-6-8-10-18/h6-15H,4-5H2,1-3H3/b19-15-. The van der Waals surface area contributed by atoms with Crippen LogP contribution < -0.4 is 9.91 Å². The third-order valence-corrected chi connectivity index (χ3v) is 5.02. The molecule has 0 radical (unpaired) electrons. The summed E-state index contributed by atoms with van der Waals surface area (Å²) in [5, 5.41) is 6.23. The zero-order chi connectivity index (χ0) is 19.9. The summed E-state index contributed by atoms with van der Waals surface area (Å²) in [5.41, 5.74) is 3.23. The Kier molecular flexibility index (Phi) is 6.86. The number of hydrogen-bond donors (Lipinski definition) is 0. The number of amides is 1. The summed E-state index contributed by atoms with van der Waals surface area (Å²) < 4.78 is 4.96.